The summed E-state index contributed by atoms with van der Waals surface area (Å²) in [6, 6.07) is 7.22. The first-order valence-electron chi connectivity index (χ1n) is 6.58. The van der Waals surface area contributed by atoms with Crippen molar-refractivity contribution in [2.24, 2.45) is 0 Å². The van der Waals surface area contributed by atoms with Crippen LogP contribution < -0.4 is 11.1 Å². The van der Waals surface area contributed by atoms with Crippen molar-refractivity contribution in [1.29, 1.82) is 0 Å². The predicted molar refractivity (Wildman–Crippen MR) is 76.2 cm³/mol. The Kier molecular flexibility index (Phi) is 3.06. The molecule has 1 aromatic carbocycles. The van der Waals surface area contributed by atoms with Gasteiger partial charge in [-0.25, -0.2) is 0 Å². The number of nitrogen functional groups attached to an aromatic ring is 1. The summed E-state index contributed by atoms with van der Waals surface area (Å²) in [4.78, 5) is 28.6. The first-order valence-corrected chi connectivity index (χ1v) is 6.58. The van der Waals surface area contributed by atoms with Crippen molar-refractivity contribution >= 4 is 28.4 Å². The molecule has 2 heterocycles. The molecule has 0 atom stereocenters. The number of H-pyrrole nitrogens is 1. The molecule has 20 heavy (non-hydrogen) atoms. The number of anilines is 1. The molecular formula is C14H16N4O2. The second-order valence-electron chi connectivity index (χ2n) is 4.96. The van der Waals surface area contributed by atoms with E-state index in [9.17, 15) is 9.59 Å². The number of aromatic amines is 1. The third kappa shape index (κ3) is 2.32. The lowest BCUT2D eigenvalue weighted by molar-refractivity contribution is -0.121. The molecule has 4 N–H and O–H groups in total. The molecule has 1 aliphatic heterocycles. The molecule has 3 rings (SSSR count). The lowest BCUT2D eigenvalue weighted by Gasteiger charge is -2.17. The Balaban J connectivity index is 1.89. The molecule has 0 unspecified atom stereocenters. The Morgan fingerprint density at radius 2 is 2.15 bits per heavy atom. The zero-order valence-electron chi connectivity index (χ0n) is 11.0. The fourth-order valence-electron chi connectivity index (χ4n) is 2.42. The summed E-state index contributed by atoms with van der Waals surface area (Å²) in [6.07, 6.45) is 0.769. The summed E-state index contributed by atoms with van der Waals surface area (Å²) in [7, 11) is 0. The van der Waals surface area contributed by atoms with Gasteiger partial charge in [-0.3, -0.25) is 9.59 Å². The van der Waals surface area contributed by atoms with Gasteiger partial charge in [0, 0.05) is 29.7 Å². The van der Waals surface area contributed by atoms with Gasteiger partial charge < -0.3 is 20.9 Å². The maximum Gasteiger partial charge on any atom is 0.270 e. The SMILES string of the molecule is Nc1ccc2[nH]c(C(=O)N3CCCNC(=O)C3)cc2c1. The highest BCUT2D eigenvalue weighted by Gasteiger charge is 2.22. The van der Waals surface area contributed by atoms with Crippen molar-refractivity contribution in [2.75, 3.05) is 25.4 Å². The van der Waals surface area contributed by atoms with Crippen LogP contribution in [0, 0.1) is 0 Å². The number of carbonyl (C=O) groups excluding carboxylic acids is 2. The van der Waals surface area contributed by atoms with Crippen LogP contribution in [0.3, 0.4) is 0 Å². The molecular weight excluding hydrogens is 256 g/mol. The number of hydrogen-bond acceptors (Lipinski definition) is 3. The van der Waals surface area contributed by atoms with Gasteiger partial charge in [0.15, 0.2) is 0 Å². The van der Waals surface area contributed by atoms with Crippen LogP contribution in [0.4, 0.5) is 5.69 Å². The van der Waals surface area contributed by atoms with Crippen molar-refractivity contribution in [2.45, 2.75) is 6.42 Å². The van der Waals surface area contributed by atoms with Crippen LogP contribution in [-0.2, 0) is 4.79 Å². The fraction of sp³-hybridized carbons (Fsp3) is 0.286. The summed E-state index contributed by atoms with van der Waals surface area (Å²) in [5.74, 6) is -0.270. The average molecular weight is 272 g/mol. The first-order chi connectivity index (χ1) is 9.63. The number of rotatable bonds is 1. The summed E-state index contributed by atoms with van der Waals surface area (Å²) in [5.41, 5.74) is 7.74. The smallest absolute Gasteiger partial charge is 0.270 e. The third-order valence-electron chi connectivity index (χ3n) is 3.42. The predicted octanol–water partition coefficient (Wildman–Crippen LogP) is 0.712. The van der Waals surface area contributed by atoms with Gasteiger partial charge >= 0.3 is 0 Å². The number of nitrogens with two attached hydrogens (primary N) is 1. The molecule has 0 aliphatic carbocycles. The van der Waals surface area contributed by atoms with E-state index in [1.807, 2.05) is 12.1 Å². The summed E-state index contributed by atoms with van der Waals surface area (Å²) in [5, 5.41) is 3.65. The van der Waals surface area contributed by atoms with Gasteiger partial charge in [-0.1, -0.05) is 0 Å². The number of nitrogens with one attached hydrogen (secondary N) is 2. The summed E-state index contributed by atoms with van der Waals surface area (Å²) in [6.45, 7) is 1.30. The molecule has 0 radical (unpaired) electrons. The molecule has 6 nitrogen and oxygen atoms in total. The highest BCUT2D eigenvalue weighted by molar-refractivity contribution is 6.00. The van der Waals surface area contributed by atoms with Gasteiger partial charge in [-0.2, -0.15) is 0 Å². The number of benzene rings is 1. The van der Waals surface area contributed by atoms with Gasteiger partial charge in [0.25, 0.3) is 5.91 Å². The Morgan fingerprint density at radius 3 is 3.00 bits per heavy atom. The van der Waals surface area contributed by atoms with E-state index in [0.717, 1.165) is 17.3 Å². The van der Waals surface area contributed by atoms with Gasteiger partial charge in [-0.15, -0.1) is 0 Å². The minimum Gasteiger partial charge on any atom is -0.399 e. The van der Waals surface area contributed by atoms with Gasteiger partial charge in [0.2, 0.25) is 5.91 Å². The molecule has 0 saturated carbocycles. The minimum atomic E-state index is -0.156. The Hall–Kier alpha value is -2.50. The van der Waals surface area contributed by atoms with Gasteiger partial charge in [0.05, 0.1) is 6.54 Å². The van der Waals surface area contributed by atoms with Crippen LogP contribution in [0.1, 0.15) is 16.9 Å². The zero-order valence-corrected chi connectivity index (χ0v) is 11.0. The van der Waals surface area contributed by atoms with E-state index in [1.54, 1.807) is 17.0 Å². The normalized spacial score (nSPS) is 16.0. The van der Waals surface area contributed by atoms with E-state index in [2.05, 4.69) is 10.3 Å². The van der Waals surface area contributed by atoms with Crippen molar-refractivity contribution in [1.82, 2.24) is 15.2 Å². The van der Waals surface area contributed by atoms with Crippen LogP contribution >= 0.6 is 0 Å². The molecule has 1 aromatic heterocycles. The summed E-state index contributed by atoms with van der Waals surface area (Å²) < 4.78 is 0. The van der Waals surface area contributed by atoms with E-state index >= 15 is 0 Å². The molecule has 0 bridgehead atoms. The highest BCUT2D eigenvalue weighted by Crippen LogP contribution is 2.19. The van der Waals surface area contributed by atoms with Crippen LogP contribution in [0.2, 0.25) is 0 Å². The lowest BCUT2D eigenvalue weighted by Crippen LogP contribution is -2.37. The molecule has 2 amide bonds. The molecule has 1 aliphatic rings. The molecule has 1 saturated heterocycles. The van der Waals surface area contributed by atoms with Crippen molar-refractivity contribution in [3.63, 3.8) is 0 Å². The topological polar surface area (TPSA) is 91.2 Å². The Morgan fingerprint density at radius 1 is 1.30 bits per heavy atom. The molecule has 0 spiro atoms. The maximum atomic E-state index is 12.4. The number of hydrogen-bond donors (Lipinski definition) is 3. The number of nitrogens with zero attached hydrogens (tertiary/aromatic N) is 1. The lowest BCUT2D eigenvalue weighted by atomic mass is 10.2. The number of amides is 2. The Bertz CT molecular complexity index is 677. The first kappa shape index (κ1) is 12.5. The van der Waals surface area contributed by atoms with Crippen LogP contribution in [-0.4, -0.2) is 41.3 Å². The quantitative estimate of drug-likeness (QED) is 0.668. The highest BCUT2D eigenvalue weighted by atomic mass is 16.2. The van der Waals surface area contributed by atoms with Crippen LogP contribution in [0.15, 0.2) is 24.3 Å². The second kappa shape index (κ2) is 4.88. The summed E-state index contributed by atoms with van der Waals surface area (Å²) >= 11 is 0. The van der Waals surface area contributed by atoms with E-state index in [4.69, 9.17) is 5.73 Å². The maximum absolute atomic E-state index is 12.4. The average Bonchev–Trinajstić information content (AvgIpc) is 2.71. The molecule has 104 valence electrons. The number of fused-ring (bicyclic) bond motifs is 1. The van der Waals surface area contributed by atoms with E-state index in [1.165, 1.54) is 0 Å². The van der Waals surface area contributed by atoms with Crippen molar-refractivity contribution in [3.05, 3.63) is 30.0 Å². The fourth-order valence-corrected chi connectivity index (χ4v) is 2.42. The third-order valence-corrected chi connectivity index (χ3v) is 3.42. The van der Waals surface area contributed by atoms with Gasteiger partial charge in [-0.05, 0) is 30.7 Å². The van der Waals surface area contributed by atoms with Crippen molar-refractivity contribution < 1.29 is 9.59 Å². The largest absolute Gasteiger partial charge is 0.399 e. The number of carbonyl (C=O) groups is 2. The molecule has 6 heteroatoms. The van der Waals surface area contributed by atoms with Crippen LogP contribution in [0.25, 0.3) is 10.9 Å². The van der Waals surface area contributed by atoms with Gasteiger partial charge in [0.1, 0.15) is 5.69 Å². The molecule has 1 fully saturated rings. The Labute approximate surface area is 115 Å². The van der Waals surface area contributed by atoms with Crippen molar-refractivity contribution in [3.8, 4) is 0 Å². The number of aromatic nitrogens is 1. The van der Waals surface area contributed by atoms with E-state index in [-0.39, 0.29) is 18.4 Å². The van der Waals surface area contributed by atoms with E-state index in [0.29, 0.717) is 24.5 Å². The second-order valence-corrected chi connectivity index (χ2v) is 4.96. The monoisotopic (exact) mass is 272 g/mol. The molecule has 2 aromatic rings. The zero-order chi connectivity index (χ0) is 14.1. The minimum absolute atomic E-state index is 0.107. The standard InChI is InChI=1S/C14H16N4O2/c15-10-2-3-11-9(6-10)7-12(17-11)14(20)18-5-1-4-16-13(19)8-18/h2-3,6-7,17H,1,4-5,8,15H2,(H,16,19). The van der Waals surface area contributed by atoms with E-state index < -0.39 is 0 Å². The van der Waals surface area contributed by atoms with Crippen LogP contribution in [0.5, 0.6) is 0 Å².